The Bertz CT molecular complexity index is 468. The van der Waals surface area contributed by atoms with Gasteiger partial charge in [-0.25, -0.2) is 4.98 Å². The number of pyridine rings is 1. The van der Waals surface area contributed by atoms with Gasteiger partial charge in [0.2, 0.25) is 6.41 Å². The normalized spacial score (nSPS) is 21.0. The second-order valence-corrected chi connectivity index (χ2v) is 6.70. The molecule has 1 saturated carbocycles. The third-order valence-corrected chi connectivity index (χ3v) is 4.86. The molecule has 1 aromatic rings. The summed E-state index contributed by atoms with van der Waals surface area (Å²) in [6.07, 6.45) is 7.54. The Labute approximate surface area is 140 Å². The van der Waals surface area contributed by atoms with E-state index >= 15 is 0 Å². The first-order chi connectivity index (χ1) is 11.1. The van der Waals surface area contributed by atoms with Gasteiger partial charge >= 0.3 is 0 Å². The minimum atomic E-state index is 0.417. The van der Waals surface area contributed by atoms with Crippen molar-refractivity contribution < 1.29 is 4.79 Å². The first-order valence-corrected chi connectivity index (χ1v) is 8.63. The summed E-state index contributed by atoms with van der Waals surface area (Å²) >= 11 is 0. The molecule has 0 bridgehead atoms. The zero-order chi connectivity index (χ0) is 16.7. The molecule has 1 aromatic heterocycles. The monoisotopic (exact) mass is 318 g/mol. The minimum absolute atomic E-state index is 0.417. The van der Waals surface area contributed by atoms with E-state index in [0.29, 0.717) is 12.0 Å². The molecular formula is C18H30N4O. The van der Waals surface area contributed by atoms with Crippen LogP contribution in [-0.4, -0.2) is 56.1 Å². The Morgan fingerprint density at radius 1 is 1.30 bits per heavy atom. The van der Waals surface area contributed by atoms with Crippen LogP contribution < -0.4 is 10.2 Å². The Balaban J connectivity index is 1.79. The van der Waals surface area contributed by atoms with Crippen molar-refractivity contribution in [3.8, 4) is 0 Å². The van der Waals surface area contributed by atoms with E-state index in [9.17, 15) is 4.79 Å². The molecule has 1 N–H and O–H groups in total. The quantitative estimate of drug-likeness (QED) is 0.746. The molecule has 0 radical (unpaired) electrons. The molecule has 2 rings (SSSR count). The number of rotatable bonds is 8. The lowest BCUT2D eigenvalue weighted by molar-refractivity contribution is -0.120. The van der Waals surface area contributed by atoms with Gasteiger partial charge < -0.3 is 15.1 Å². The average Bonchev–Trinajstić information content (AvgIpc) is 2.57. The van der Waals surface area contributed by atoms with Gasteiger partial charge in [-0.1, -0.05) is 6.07 Å². The van der Waals surface area contributed by atoms with Gasteiger partial charge in [-0.05, 0) is 57.2 Å². The summed E-state index contributed by atoms with van der Waals surface area (Å²) in [4.78, 5) is 20.0. The van der Waals surface area contributed by atoms with Crippen molar-refractivity contribution in [2.24, 2.45) is 5.92 Å². The van der Waals surface area contributed by atoms with Crippen molar-refractivity contribution in [3.05, 3.63) is 23.9 Å². The molecule has 1 fully saturated rings. The number of likely N-dealkylation sites (N-methyl/N-ethyl adjacent to an activating group) is 1. The average molecular weight is 318 g/mol. The van der Waals surface area contributed by atoms with Crippen LogP contribution in [0.5, 0.6) is 0 Å². The van der Waals surface area contributed by atoms with Crippen molar-refractivity contribution in [1.29, 1.82) is 0 Å². The van der Waals surface area contributed by atoms with Crippen molar-refractivity contribution in [1.82, 2.24) is 15.2 Å². The van der Waals surface area contributed by atoms with Crippen molar-refractivity contribution in [3.63, 3.8) is 0 Å². The maximum Gasteiger partial charge on any atom is 0.209 e. The van der Waals surface area contributed by atoms with Crippen LogP contribution in [0.15, 0.2) is 18.3 Å². The van der Waals surface area contributed by atoms with Crippen LogP contribution in [0.4, 0.5) is 5.82 Å². The van der Waals surface area contributed by atoms with E-state index in [0.717, 1.165) is 44.7 Å². The number of aryl methyl sites for hydroxylation is 1. The highest BCUT2D eigenvalue weighted by Gasteiger charge is 2.25. The third kappa shape index (κ3) is 5.20. The highest BCUT2D eigenvalue weighted by molar-refractivity contribution is 5.47. The molecule has 0 saturated heterocycles. The molecule has 5 nitrogen and oxygen atoms in total. The fraction of sp³-hybridized carbons (Fsp3) is 0.667. The Morgan fingerprint density at radius 3 is 2.61 bits per heavy atom. The van der Waals surface area contributed by atoms with Gasteiger partial charge in [-0.3, -0.25) is 4.79 Å². The van der Waals surface area contributed by atoms with Gasteiger partial charge in [-0.2, -0.15) is 0 Å². The van der Waals surface area contributed by atoms with Gasteiger partial charge in [0.25, 0.3) is 0 Å². The minimum Gasteiger partial charge on any atom is -0.359 e. The SMILES string of the molecule is CNCCN(C=O)C1CCC(CN(C)c2ccc(C)cn2)CC1. The number of hydrogen-bond acceptors (Lipinski definition) is 4. The lowest BCUT2D eigenvalue weighted by Gasteiger charge is -2.36. The second-order valence-electron chi connectivity index (χ2n) is 6.70. The number of aromatic nitrogens is 1. The number of anilines is 1. The Kier molecular flexibility index (Phi) is 6.84. The van der Waals surface area contributed by atoms with Crippen LogP contribution in [0.3, 0.4) is 0 Å². The van der Waals surface area contributed by atoms with Crippen LogP contribution in [0.1, 0.15) is 31.2 Å². The van der Waals surface area contributed by atoms with Gasteiger partial charge in [0.1, 0.15) is 5.82 Å². The molecule has 0 aromatic carbocycles. The van der Waals surface area contributed by atoms with E-state index in [-0.39, 0.29) is 0 Å². The molecule has 1 amide bonds. The highest BCUT2D eigenvalue weighted by Crippen LogP contribution is 2.28. The summed E-state index contributed by atoms with van der Waals surface area (Å²) in [5.41, 5.74) is 1.19. The van der Waals surface area contributed by atoms with Crippen molar-refractivity contribution >= 4 is 12.2 Å². The van der Waals surface area contributed by atoms with Gasteiger partial charge in [0.05, 0.1) is 0 Å². The van der Waals surface area contributed by atoms with E-state index in [2.05, 4.69) is 41.3 Å². The summed E-state index contributed by atoms with van der Waals surface area (Å²) in [5, 5.41) is 3.11. The molecule has 5 heteroatoms. The van der Waals surface area contributed by atoms with Crippen LogP contribution in [0.25, 0.3) is 0 Å². The summed E-state index contributed by atoms with van der Waals surface area (Å²) in [7, 11) is 4.04. The predicted molar refractivity (Wildman–Crippen MR) is 94.7 cm³/mol. The molecule has 1 heterocycles. The second kappa shape index (κ2) is 8.87. The van der Waals surface area contributed by atoms with E-state index in [1.807, 2.05) is 18.1 Å². The smallest absolute Gasteiger partial charge is 0.209 e. The van der Waals surface area contributed by atoms with E-state index < -0.39 is 0 Å². The topological polar surface area (TPSA) is 48.5 Å². The number of nitrogens with one attached hydrogen (secondary N) is 1. The fourth-order valence-corrected chi connectivity index (χ4v) is 3.39. The summed E-state index contributed by atoms with van der Waals surface area (Å²) in [6, 6.07) is 4.62. The fourth-order valence-electron chi connectivity index (χ4n) is 3.39. The zero-order valence-electron chi connectivity index (χ0n) is 14.7. The van der Waals surface area contributed by atoms with Crippen molar-refractivity contribution in [2.75, 3.05) is 38.6 Å². The summed E-state index contributed by atoms with van der Waals surface area (Å²) in [6.45, 7) is 4.77. The van der Waals surface area contributed by atoms with Crippen molar-refractivity contribution in [2.45, 2.75) is 38.6 Å². The largest absolute Gasteiger partial charge is 0.359 e. The third-order valence-electron chi connectivity index (χ3n) is 4.86. The predicted octanol–water partition coefficient (Wildman–Crippen LogP) is 2.06. The lowest BCUT2D eigenvalue weighted by atomic mass is 9.85. The first kappa shape index (κ1) is 17.7. The summed E-state index contributed by atoms with van der Waals surface area (Å²) < 4.78 is 0. The van der Waals surface area contributed by atoms with E-state index in [1.54, 1.807) is 0 Å². The zero-order valence-corrected chi connectivity index (χ0v) is 14.7. The molecule has 0 spiro atoms. The number of carbonyl (C=O) groups is 1. The molecule has 23 heavy (non-hydrogen) atoms. The molecular weight excluding hydrogens is 288 g/mol. The number of carbonyl (C=O) groups excluding carboxylic acids is 1. The highest BCUT2D eigenvalue weighted by atomic mass is 16.1. The molecule has 128 valence electrons. The van der Waals surface area contributed by atoms with Gasteiger partial charge in [0, 0.05) is 38.9 Å². The molecule has 1 aliphatic carbocycles. The Morgan fingerprint density at radius 2 is 2.04 bits per heavy atom. The first-order valence-electron chi connectivity index (χ1n) is 8.63. The number of amides is 1. The maximum absolute atomic E-state index is 11.3. The van der Waals surface area contributed by atoms with Gasteiger partial charge in [0.15, 0.2) is 0 Å². The van der Waals surface area contributed by atoms with E-state index in [4.69, 9.17) is 0 Å². The molecule has 0 aliphatic heterocycles. The molecule has 1 aliphatic rings. The van der Waals surface area contributed by atoms with Crippen LogP contribution >= 0.6 is 0 Å². The standard InChI is InChI=1S/C18H30N4O/c1-15-4-9-18(20-12-15)21(3)13-16-5-7-17(8-6-16)22(14-23)11-10-19-2/h4,9,12,14,16-17,19H,5-8,10-11,13H2,1-3H3. The van der Waals surface area contributed by atoms with Crippen LogP contribution in [0.2, 0.25) is 0 Å². The number of hydrogen-bond donors (Lipinski definition) is 1. The van der Waals surface area contributed by atoms with Crippen LogP contribution in [0, 0.1) is 12.8 Å². The molecule has 0 unspecified atom stereocenters. The van der Waals surface area contributed by atoms with E-state index in [1.165, 1.54) is 18.4 Å². The summed E-state index contributed by atoms with van der Waals surface area (Å²) in [5.74, 6) is 1.73. The van der Waals surface area contributed by atoms with Crippen LogP contribution in [-0.2, 0) is 4.79 Å². The molecule has 0 atom stereocenters. The van der Waals surface area contributed by atoms with Gasteiger partial charge in [-0.15, -0.1) is 0 Å². The maximum atomic E-state index is 11.3. The number of nitrogens with zero attached hydrogens (tertiary/aromatic N) is 3. The Hall–Kier alpha value is -1.62. The lowest BCUT2D eigenvalue weighted by Crippen LogP contribution is -2.41.